The highest BCUT2D eigenvalue weighted by atomic mass is 35.5. The fourth-order valence-corrected chi connectivity index (χ4v) is 1.21. The van der Waals surface area contributed by atoms with Crippen LogP contribution >= 0.6 is 11.6 Å². The van der Waals surface area contributed by atoms with Crippen LogP contribution in [0.5, 0.6) is 0 Å². The van der Waals surface area contributed by atoms with Gasteiger partial charge in [0.25, 0.3) is 0 Å². The van der Waals surface area contributed by atoms with E-state index in [2.05, 4.69) is 0 Å². The minimum atomic E-state index is -0.0892. The van der Waals surface area contributed by atoms with Gasteiger partial charge in [0.2, 0.25) is 0 Å². The van der Waals surface area contributed by atoms with E-state index in [1.54, 1.807) is 7.11 Å². The first-order valence-electron chi connectivity index (χ1n) is 3.74. The molecule has 1 aromatic rings. The van der Waals surface area contributed by atoms with Crippen LogP contribution in [0.15, 0.2) is 24.3 Å². The van der Waals surface area contributed by atoms with Crippen LogP contribution in [0.2, 0.25) is 5.02 Å². The lowest BCUT2D eigenvalue weighted by Crippen LogP contribution is -2.15. The van der Waals surface area contributed by atoms with Crippen molar-refractivity contribution in [2.45, 2.75) is 6.04 Å². The lowest BCUT2D eigenvalue weighted by atomic mass is 10.1. The third-order valence-electron chi connectivity index (χ3n) is 1.62. The number of halogens is 1. The van der Waals surface area contributed by atoms with E-state index in [9.17, 15) is 0 Å². The molecule has 0 saturated heterocycles. The Morgan fingerprint density at radius 1 is 1.58 bits per heavy atom. The molecule has 2 nitrogen and oxygen atoms in total. The van der Waals surface area contributed by atoms with Crippen molar-refractivity contribution < 1.29 is 4.74 Å². The van der Waals surface area contributed by atoms with Crippen molar-refractivity contribution in [2.24, 2.45) is 5.73 Å². The summed E-state index contributed by atoms with van der Waals surface area (Å²) in [6, 6.07) is 7.41. The Labute approximate surface area is 77.3 Å². The zero-order chi connectivity index (χ0) is 8.97. The van der Waals surface area contributed by atoms with Gasteiger partial charge in [0.05, 0.1) is 12.6 Å². The number of hydrogen-bond acceptors (Lipinski definition) is 2. The molecule has 12 heavy (non-hydrogen) atoms. The molecule has 1 rings (SSSR count). The Hall–Kier alpha value is -0.570. The molecule has 1 aromatic carbocycles. The molecule has 3 heteroatoms. The van der Waals surface area contributed by atoms with E-state index in [1.165, 1.54) is 0 Å². The summed E-state index contributed by atoms with van der Waals surface area (Å²) in [7, 11) is 1.63. The van der Waals surface area contributed by atoms with E-state index in [1.807, 2.05) is 24.3 Å². The third kappa shape index (κ3) is 2.48. The van der Waals surface area contributed by atoms with Crippen molar-refractivity contribution in [3.8, 4) is 0 Å². The number of nitrogens with two attached hydrogens (primary N) is 1. The zero-order valence-corrected chi connectivity index (χ0v) is 7.71. The van der Waals surface area contributed by atoms with Crippen molar-refractivity contribution in [1.82, 2.24) is 0 Å². The summed E-state index contributed by atoms with van der Waals surface area (Å²) in [4.78, 5) is 0. The standard InChI is InChI=1S/C9H12ClNO/c1-12-6-9(11)7-3-2-4-8(10)5-7/h2-5,9H,6,11H2,1H3/t9-/m0/s1. The Morgan fingerprint density at radius 2 is 2.33 bits per heavy atom. The Balaban J connectivity index is 2.73. The van der Waals surface area contributed by atoms with Crippen molar-refractivity contribution in [3.63, 3.8) is 0 Å². The summed E-state index contributed by atoms with van der Waals surface area (Å²) in [5.41, 5.74) is 6.79. The maximum atomic E-state index is 5.79. The largest absolute Gasteiger partial charge is 0.383 e. The average Bonchev–Trinajstić information content (AvgIpc) is 2.05. The Bertz CT molecular complexity index is 252. The van der Waals surface area contributed by atoms with Crippen molar-refractivity contribution >= 4 is 11.6 Å². The normalized spacial score (nSPS) is 12.9. The molecular formula is C9H12ClNO. The van der Waals surface area contributed by atoms with Gasteiger partial charge in [0.1, 0.15) is 0 Å². The lowest BCUT2D eigenvalue weighted by molar-refractivity contribution is 0.181. The number of methoxy groups -OCH3 is 1. The van der Waals surface area contributed by atoms with Crippen LogP contribution in [0.3, 0.4) is 0 Å². The van der Waals surface area contributed by atoms with Crippen molar-refractivity contribution in [1.29, 1.82) is 0 Å². The first kappa shape index (κ1) is 9.52. The van der Waals surface area contributed by atoms with Crippen LogP contribution in [-0.4, -0.2) is 13.7 Å². The molecule has 0 aromatic heterocycles. The second-order valence-corrected chi connectivity index (χ2v) is 3.05. The quantitative estimate of drug-likeness (QED) is 0.782. The molecule has 0 fully saturated rings. The van der Waals surface area contributed by atoms with E-state index in [-0.39, 0.29) is 6.04 Å². The molecule has 0 aliphatic rings. The molecule has 0 aliphatic carbocycles. The molecule has 0 aliphatic heterocycles. The van der Waals surface area contributed by atoms with Crippen LogP contribution in [0, 0.1) is 0 Å². The van der Waals surface area contributed by atoms with Gasteiger partial charge in [-0.05, 0) is 17.7 Å². The summed E-state index contributed by atoms with van der Waals surface area (Å²) in [6.07, 6.45) is 0. The van der Waals surface area contributed by atoms with Gasteiger partial charge in [-0.25, -0.2) is 0 Å². The fraction of sp³-hybridized carbons (Fsp3) is 0.333. The van der Waals surface area contributed by atoms with Crippen LogP contribution in [0.1, 0.15) is 11.6 Å². The second kappa shape index (κ2) is 4.45. The number of hydrogen-bond donors (Lipinski definition) is 1. The van der Waals surface area contributed by atoms with E-state index in [0.717, 1.165) is 5.56 Å². The SMILES string of the molecule is COC[C@H](N)c1cccc(Cl)c1. The van der Waals surface area contributed by atoms with Crippen LogP contribution in [0.4, 0.5) is 0 Å². The van der Waals surface area contributed by atoms with E-state index in [0.29, 0.717) is 11.6 Å². The lowest BCUT2D eigenvalue weighted by Gasteiger charge is -2.10. The van der Waals surface area contributed by atoms with Gasteiger partial charge in [-0.1, -0.05) is 23.7 Å². The first-order valence-corrected chi connectivity index (χ1v) is 4.12. The van der Waals surface area contributed by atoms with Crippen molar-refractivity contribution in [2.75, 3.05) is 13.7 Å². The molecular weight excluding hydrogens is 174 g/mol. The van der Waals surface area contributed by atoms with Gasteiger partial charge in [0.15, 0.2) is 0 Å². The molecule has 66 valence electrons. The van der Waals surface area contributed by atoms with E-state index < -0.39 is 0 Å². The minimum absolute atomic E-state index is 0.0892. The molecule has 1 atom stereocenters. The summed E-state index contributed by atoms with van der Waals surface area (Å²) >= 11 is 5.79. The predicted molar refractivity (Wildman–Crippen MR) is 50.3 cm³/mol. The maximum absolute atomic E-state index is 5.79. The molecule has 0 unspecified atom stereocenters. The number of ether oxygens (including phenoxy) is 1. The van der Waals surface area contributed by atoms with E-state index in [4.69, 9.17) is 22.1 Å². The smallest absolute Gasteiger partial charge is 0.0655 e. The molecule has 0 radical (unpaired) electrons. The molecule has 0 bridgehead atoms. The van der Waals surface area contributed by atoms with Gasteiger partial charge in [-0.15, -0.1) is 0 Å². The highest BCUT2D eigenvalue weighted by Gasteiger charge is 2.04. The van der Waals surface area contributed by atoms with Gasteiger partial charge in [-0.3, -0.25) is 0 Å². The van der Waals surface area contributed by atoms with Gasteiger partial charge in [-0.2, -0.15) is 0 Å². The van der Waals surface area contributed by atoms with E-state index >= 15 is 0 Å². The molecule has 0 heterocycles. The van der Waals surface area contributed by atoms with Gasteiger partial charge >= 0.3 is 0 Å². The monoisotopic (exact) mass is 185 g/mol. The second-order valence-electron chi connectivity index (χ2n) is 2.62. The summed E-state index contributed by atoms with van der Waals surface area (Å²) in [6.45, 7) is 0.514. The molecule has 0 spiro atoms. The first-order chi connectivity index (χ1) is 5.74. The number of benzene rings is 1. The topological polar surface area (TPSA) is 35.2 Å². The summed E-state index contributed by atoms with van der Waals surface area (Å²) < 4.78 is 4.93. The van der Waals surface area contributed by atoms with Crippen molar-refractivity contribution in [3.05, 3.63) is 34.9 Å². The number of rotatable bonds is 3. The maximum Gasteiger partial charge on any atom is 0.0655 e. The van der Waals surface area contributed by atoms with Crippen LogP contribution < -0.4 is 5.73 Å². The summed E-state index contributed by atoms with van der Waals surface area (Å²) in [5.74, 6) is 0. The predicted octanol–water partition coefficient (Wildman–Crippen LogP) is 1.99. The Morgan fingerprint density at radius 3 is 2.92 bits per heavy atom. The Kier molecular flexibility index (Phi) is 3.53. The van der Waals surface area contributed by atoms with Gasteiger partial charge < -0.3 is 10.5 Å². The highest BCUT2D eigenvalue weighted by Crippen LogP contribution is 2.15. The summed E-state index contributed by atoms with van der Waals surface area (Å²) in [5, 5.41) is 0.707. The van der Waals surface area contributed by atoms with Crippen LogP contribution in [0.25, 0.3) is 0 Å². The molecule has 0 amide bonds. The van der Waals surface area contributed by atoms with Crippen LogP contribution in [-0.2, 0) is 4.74 Å². The third-order valence-corrected chi connectivity index (χ3v) is 1.86. The van der Waals surface area contributed by atoms with Gasteiger partial charge in [0, 0.05) is 12.1 Å². The zero-order valence-electron chi connectivity index (χ0n) is 6.96. The molecule has 2 N–H and O–H groups in total. The fourth-order valence-electron chi connectivity index (χ4n) is 1.01. The molecule has 0 saturated carbocycles. The average molecular weight is 186 g/mol. The minimum Gasteiger partial charge on any atom is -0.383 e. The highest BCUT2D eigenvalue weighted by molar-refractivity contribution is 6.30.